The molecule has 2 heterocycles. The van der Waals surface area contributed by atoms with Crippen molar-refractivity contribution in [2.75, 3.05) is 37.8 Å². The van der Waals surface area contributed by atoms with Gasteiger partial charge in [-0.3, -0.25) is 0 Å². The number of anilines is 1. The fourth-order valence-electron chi connectivity index (χ4n) is 1.83. The molecule has 0 spiro atoms. The molecule has 2 rings (SSSR count). The lowest BCUT2D eigenvalue weighted by Crippen LogP contribution is -2.25. The fourth-order valence-corrected chi connectivity index (χ4v) is 2.82. The summed E-state index contributed by atoms with van der Waals surface area (Å²) in [5.74, 6) is 1.63. The van der Waals surface area contributed by atoms with Crippen LogP contribution in [0.15, 0.2) is 11.4 Å². The van der Waals surface area contributed by atoms with Gasteiger partial charge >= 0.3 is 0 Å². The first-order valence-corrected chi connectivity index (χ1v) is 7.51. The number of thioether (sulfide) groups is 1. The lowest BCUT2D eigenvalue weighted by Gasteiger charge is -2.17. The number of fused-ring (bicyclic) bond motifs is 1. The van der Waals surface area contributed by atoms with Gasteiger partial charge in [0.1, 0.15) is 10.5 Å². The van der Waals surface area contributed by atoms with E-state index in [0.29, 0.717) is 11.6 Å². The Morgan fingerprint density at radius 3 is 2.79 bits per heavy atom. The summed E-state index contributed by atoms with van der Waals surface area (Å²) >= 11 is 1.74. The number of rotatable bonds is 7. The smallest absolute Gasteiger partial charge is 0.225 e. The standard InChI is InChI=1S/C12H20N6S/c1-4-18(5-2)6-7-19-11-9-10(15-8-14-9)16-12(13-3)17-11/h8H,4-7H2,1-3H3,(H2,13,14,15,16,17). The van der Waals surface area contributed by atoms with Crippen LogP contribution in [0.1, 0.15) is 13.8 Å². The zero-order chi connectivity index (χ0) is 13.7. The van der Waals surface area contributed by atoms with Crippen molar-refractivity contribution in [3.05, 3.63) is 6.33 Å². The van der Waals surface area contributed by atoms with Crippen LogP contribution in [0.3, 0.4) is 0 Å². The number of nitrogens with zero attached hydrogens (tertiary/aromatic N) is 4. The molecule has 0 radical (unpaired) electrons. The topological polar surface area (TPSA) is 69.7 Å². The van der Waals surface area contributed by atoms with E-state index in [2.05, 4.69) is 44.0 Å². The van der Waals surface area contributed by atoms with E-state index in [0.717, 1.165) is 35.9 Å². The Kier molecular flexibility index (Phi) is 4.98. The highest BCUT2D eigenvalue weighted by Crippen LogP contribution is 2.24. The van der Waals surface area contributed by atoms with Crippen LogP contribution in [0.25, 0.3) is 11.2 Å². The number of nitrogens with one attached hydrogen (secondary N) is 2. The number of aromatic nitrogens is 4. The third kappa shape index (κ3) is 3.36. The molecule has 0 bridgehead atoms. The van der Waals surface area contributed by atoms with Gasteiger partial charge in [-0.2, -0.15) is 4.98 Å². The first-order chi connectivity index (χ1) is 9.28. The van der Waals surface area contributed by atoms with Crippen molar-refractivity contribution >= 4 is 28.9 Å². The number of aromatic amines is 1. The normalized spacial score (nSPS) is 11.4. The maximum Gasteiger partial charge on any atom is 0.225 e. The molecule has 0 aliphatic rings. The minimum atomic E-state index is 0.616. The second-order valence-corrected chi connectivity index (χ2v) is 5.16. The Bertz CT molecular complexity index is 522. The summed E-state index contributed by atoms with van der Waals surface area (Å²) in [5, 5.41) is 3.93. The summed E-state index contributed by atoms with van der Waals surface area (Å²) < 4.78 is 0. The van der Waals surface area contributed by atoms with Crippen molar-refractivity contribution in [1.82, 2.24) is 24.8 Å². The SMILES string of the molecule is CCN(CC)CCSc1nc(NC)nc2nc[nH]c12. The van der Waals surface area contributed by atoms with Gasteiger partial charge in [-0.05, 0) is 13.1 Å². The van der Waals surface area contributed by atoms with Crippen LogP contribution in [0, 0.1) is 0 Å². The van der Waals surface area contributed by atoms with E-state index >= 15 is 0 Å². The predicted molar refractivity (Wildman–Crippen MR) is 79.7 cm³/mol. The van der Waals surface area contributed by atoms with Gasteiger partial charge in [-0.25, -0.2) is 9.97 Å². The van der Waals surface area contributed by atoms with E-state index in [1.807, 2.05) is 7.05 Å². The Hall–Kier alpha value is -1.34. The molecule has 104 valence electrons. The zero-order valence-corrected chi connectivity index (χ0v) is 12.4. The fraction of sp³-hybridized carbons (Fsp3) is 0.583. The van der Waals surface area contributed by atoms with Crippen LogP contribution in [0.4, 0.5) is 5.95 Å². The molecule has 0 saturated carbocycles. The summed E-state index contributed by atoms with van der Waals surface area (Å²) in [5.41, 5.74) is 1.63. The molecule has 2 N–H and O–H groups in total. The number of hydrogen-bond donors (Lipinski definition) is 2. The summed E-state index contributed by atoms with van der Waals surface area (Å²) in [6.45, 7) is 7.60. The first-order valence-electron chi connectivity index (χ1n) is 6.52. The highest BCUT2D eigenvalue weighted by atomic mass is 32.2. The summed E-state index contributed by atoms with van der Waals surface area (Å²) in [4.78, 5) is 18.5. The van der Waals surface area contributed by atoms with E-state index in [1.165, 1.54) is 0 Å². The molecular weight excluding hydrogens is 260 g/mol. The van der Waals surface area contributed by atoms with E-state index in [1.54, 1.807) is 18.1 Å². The maximum atomic E-state index is 4.49. The molecule has 0 aliphatic carbocycles. The first kappa shape index (κ1) is 14.1. The van der Waals surface area contributed by atoms with E-state index in [-0.39, 0.29) is 0 Å². The summed E-state index contributed by atoms with van der Waals surface area (Å²) in [6, 6.07) is 0. The molecule has 19 heavy (non-hydrogen) atoms. The molecule has 0 fully saturated rings. The van der Waals surface area contributed by atoms with Gasteiger partial charge in [0.25, 0.3) is 0 Å². The predicted octanol–water partition coefficient (Wildman–Crippen LogP) is 1.83. The Morgan fingerprint density at radius 1 is 1.32 bits per heavy atom. The molecular formula is C12H20N6S. The molecule has 6 nitrogen and oxygen atoms in total. The van der Waals surface area contributed by atoms with Crippen LogP contribution < -0.4 is 5.32 Å². The highest BCUT2D eigenvalue weighted by molar-refractivity contribution is 7.99. The molecule has 0 aliphatic heterocycles. The zero-order valence-electron chi connectivity index (χ0n) is 11.6. The monoisotopic (exact) mass is 280 g/mol. The van der Waals surface area contributed by atoms with Crippen molar-refractivity contribution in [3.63, 3.8) is 0 Å². The van der Waals surface area contributed by atoms with Gasteiger partial charge in [0.05, 0.1) is 6.33 Å². The molecule has 0 amide bonds. The lowest BCUT2D eigenvalue weighted by molar-refractivity contribution is 0.324. The third-order valence-electron chi connectivity index (χ3n) is 3.02. The Balaban J connectivity index is 2.08. The molecule has 7 heteroatoms. The molecule has 0 saturated heterocycles. The third-order valence-corrected chi connectivity index (χ3v) is 3.97. The lowest BCUT2D eigenvalue weighted by atomic mass is 10.5. The largest absolute Gasteiger partial charge is 0.357 e. The average molecular weight is 280 g/mol. The van der Waals surface area contributed by atoms with Gasteiger partial charge in [-0.1, -0.05) is 13.8 Å². The van der Waals surface area contributed by atoms with Gasteiger partial charge in [-0.15, -0.1) is 11.8 Å². The van der Waals surface area contributed by atoms with Crippen LogP contribution >= 0.6 is 11.8 Å². The molecule has 0 unspecified atom stereocenters. The molecule has 2 aromatic rings. The maximum absolute atomic E-state index is 4.49. The van der Waals surface area contributed by atoms with E-state index in [9.17, 15) is 0 Å². The quantitative estimate of drug-likeness (QED) is 0.595. The van der Waals surface area contributed by atoms with Crippen molar-refractivity contribution in [1.29, 1.82) is 0 Å². The van der Waals surface area contributed by atoms with Gasteiger partial charge in [0.15, 0.2) is 5.65 Å². The molecule has 2 aromatic heterocycles. The van der Waals surface area contributed by atoms with Gasteiger partial charge in [0.2, 0.25) is 5.95 Å². The van der Waals surface area contributed by atoms with Crippen molar-refractivity contribution < 1.29 is 0 Å². The highest BCUT2D eigenvalue weighted by Gasteiger charge is 2.10. The van der Waals surface area contributed by atoms with Crippen LogP contribution in [0.5, 0.6) is 0 Å². The number of hydrogen-bond acceptors (Lipinski definition) is 6. The number of imidazole rings is 1. The Morgan fingerprint density at radius 2 is 2.11 bits per heavy atom. The van der Waals surface area contributed by atoms with Crippen LogP contribution in [-0.2, 0) is 0 Å². The average Bonchev–Trinajstić information content (AvgIpc) is 2.91. The Labute approximate surface area is 117 Å². The summed E-state index contributed by atoms with van der Waals surface area (Å²) in [7, 11) is 1.82. The van der Waals surface area contributed by atoms with Gasteiger partial charge < -0.3 is 15.2 Å². The van der Waals surface area contributed by atoms with Crippen molar-refractivity contribution in [2.45, 2.75) is 18.9 Å². The second kappa shape index (κ2) is 6.72. The van der Waals surface area contributed by atoms with Gasteiger partial charge in [0, 0.05) is 19.3 Å². The van der Waals surface area contributed by atoms with E-state index in [4.69, 9.17) is 0 Å². The van der Waals surface area contributed by atoms with Crippen molar-refractivity contribution in [3.8, 4) is 0 Å². The van der Waals surface area contributed by atoms with Crippen molar-refractivity contribution in [2.24, 2.45) is 0 Å². The number of H-pyrrole nitrogens is 1. The summed E-state index contributed by atoms with van der Waals surface area (Å²) in [6.07, 6.45) is 1.66. The van der Waals surface area contributed by atoms with Crippen LogP contribution in [0.2, 0.25) is 0 Å². The van der Waals surface area contributed by atoms with E-state index < -0.39 is 0 Å². The van der Waals surface area contributed by atoms with Crippen LogP contribution in [-0.4, -0.2) is 57.3 Å². The second-order valence-electron chi connectivity index (χ2n) is 4.08. The minimum Gasteiger partial charge on any atom is -0.357 e. The molecule has 0 aromatic carbocycles. The molecule has 0 atom stereocenters. The minimum absolute atomic E-state index is 0.616.